The van der Waals surface area contributed by atoms with Gasteiger partial charge in [-0.1, -0.05) is 32.0 Å². The number of thiocarbonyl (C=S) groups is 1. The zero-order chi connectivity index (χ0) is 12.3. The molecular formula is C13H19N3S. The highest BCUT2D eigenvalue weighted by Crippen LogP contribution is 2.26. The SMILES string of the molecule is CC1CCCCC1Nc1ccc(C(N)=S)cn1. The van der Waals surface area contributed by atoms with Crippen molar-refractivity contribution in [1.29, 1.82) is 0 Å². The Morgan fingerprint density at radius 2 is 2.18 bits per heavy atom. The second-order valence-electron chi connectivity index (χ2n) is 4.81. The van der Waals surface area contributed by atoms with Crippen molar-refractivity contribution in [2.24, 2.45) is 11.7 Å². The van der Waals surface area contributed by atoms with Gasteiger partial charge >= 0.3 is 0 Å². The van der Waals surface area contributed by atoms with Crippen LogP contribution in [0.4, 0.5) is 5.82 Å². The van der Waals surface area contributed by atoms with E-state index in [1.165, 1.54) is 25.7 Å². The molecule has 4 heteroatoms. The topological polar surface area (TPSA) is 50.9 Å². The van der Waals surface area contributed by atoms with Gasteiger partial charge in [0.2, 0.25) is 0 Å². The number of hydrogen-bond donors (Lipinski definition) is 2. The van der Waals surface area contributed by atoms with E-state index in [0.29, 0.717) is 11.0 Å². The molecule has 0 spiro atoms. The molecule has 2 atom stereocenters. The molecule has 0 aromatic carbocycles. The van der Waals surface area contributed by atoms with Gasteiger partial charge in [0.15, 0.2) is 0 Å². The molecule has 17 heavy (non-hydrogen) atoms. The van der Waals surface area contributed by atoms with E-state index in [-0.39, 0.29) is 0 Å². The first kappa shape index (κ1) is 12.3. The van der Waals surface area contributed by atoms with Crippen LogP contribution in [0.25, 0.3) is 0 Å². The van der Waals surface area contributed by atoms with E-state index in [0.717, 1.165) is 17.3 Å². The third-order valence-corrected chi connectivity index (χ3v) is 3.73. The van der Waals surface area contributed by atoms with Crippen molar-refractivity contribution in [2.75, 3.05) is 5.32 Å². The van der Waals surface area contributed by atoms with Gasteiger partial charge in [0.05, 0.1) is 0 Å². The monoisotopic (exact) mass is 249 g/mol. The summed E-state index contributed by atoms with van der Waals surface area (Å²) in [5, 5.41) is 3.50. The molecule has 1 aromatic rings. The lowest BCUT2D eigenvalue weighted by molar-refractivity contribution is 0.349. The Balaban J connectivity index is 2.00. The van der Waals surface area contributed by atoms with Crippen molar-refractivity contribution in [3.63, 3.8) is 0 Å². The zero-order valence-electron chi connectivity index (χ0n) is 10.1. The second-order valence-corrected chi connectivity index (χ2v) is 5.25. The van der Waals surface area contributed by atoms with E-state index >= 15 is 0 Å². The largest absolute Gasteiger partial charge is 0.389 e. The van der Waals surface area contributed by atoms with Gasteiger partial charge in [-0.25, -0.2) is 4.98 Å². The molecule has 1 saturated carbocycles. The van der Waals surface area contributed by atoms with Crippen LogP contribution in [0.3, 0.4) is 0 Å². The lowest BCUT2D eigenvalue weighted by Crippen LogP contribution is -2.30. The minimum Gasteiger partial charge on any atom is -0.389 e. The van der Waals surface area contributed by atoms with Gasteiger partial charge in [-0.15, -0.1) is 0 Å². The van der Waals surface area contributed by atoms with Crippen LogP contribution < -0.4 is 11.1 Å². The van der Waals surface area contributed by atoms with Gasteiger partial charge in [-0.05, 0) is 30.9 Å². The molecule has 2 rings (SSSR count). The fourth-order valence-electron chi connectivity index (χ4n) is 2.35. The Labute approximate surface area is 108 Å². The molecular weight excluding hydrogens is 230 g/mol. The normalized spacial score (nSPS) is 24.3. The lowest BCUT2D eigenvalue weighted by Gasteiger charge is -2.29. The summed E-state index contributed by atoms with van der Waals surface area (Å²) in [5.74, 6) is 1.64. The first-order valence-corrected chi connectivity index (χ1v) is 6.60. The molecule has 1 heterocycles. The summed E-state index contributed by atoms with van der Waals surface area (Å²) in [6.07, 6.45) is 6.95. The minimum absolute atomic E-state index is 0.398. The molecule has 1 aliphatic carbocycles. The maximum Gasteiger partial charge on any atom is 0.126 e. The van der Waals surface area contributed by atoms with Gasteiger partial charge < -0.3 is 11.1 Å². The van der Waals surface area contributed by atoms with E-state index < -0.39 is 0 Å². The van der Waals surface area contributed by atoms with Crippen LogP contribution in [0.2, 0.25) is 0 Å². The Morgan fingerprint density at radius 1 is 1.41 bits per heavy atom. The highest BCUT2D eigenvalue weighted by Gasteiger charge is 2.21. The van der Waals surface area contributed by atoms with Crippen molar-refractivity contribution in [3.8, 4) is 0 Å². The molecule has 0 bridgehead atoms. The molecule has 3 N–H and O–H groups in total. The van der Waals surface area contributed by atoms with Crippen molar-refractivity contribution in [3.05, 3.63) is 23.9 Å². The first-order chi connectivity index (χ1) is 8.16. The highest BCUT2D eigenvalue weighted by atomic mass is 32.1. The van der Waals surface area contributed by atoms with Crippen molar-refractivity contribution in [1.82, 2.24) is 4.98 Å². The summed E-state index contributed by atoms with van der Waals surface area (Å²) in [7, 11) is 0. The van der Waals surface area contributed by atoms with E-state index in [2.05, 4.69) is 17.2 Å². The van der Waals surface area contributed by atoms with Gasteiger partial charge in [-0.2, -0.15) is 0 Å². The average Bonchev–Trinajstić information content (AvgIpc) is 2.33. The second kappa shape index (κ2) is 5.45. The van der Waals surface area contributed by atoms with Gasteiger partial charge in [0.25, 0.3) is 0 Å². The Hall–Kier alpha value is -1.16. The number of pyridine rings is 1. The Morgan fingerprint density at radius 3 is 2.76 bits per heavy atom. The standard InChI is InChI=1S/C13H19N3S/c1-9-4-2-3-5-11(9)16-12-7-6-10(8-15-12)13(14)17/h6-9,11H,2-5H2,1H3,(H2,14,17)(H,15,16). The summed E-state index contributed by atoms with van der Waals surface area (Å²) in [6, 6.07) is 4.42. The van der Waals surface area contributed by atoms with Crippen LogP contribution in [0.5, 0.6) is 0 Å². The number of nitrogens with zero attached hydrogens (tertiary/aromatic N) is 1. The molecule has 0 aliphatic heterocycles. The summed E-state index contributed by atoms with van der Waals surface area (Å²) in [5.41, 5.74) is 6.36. The number of aromatic nitrogens is 1. The molecule has 0 saturated heterocycles. The van der Waals surface area contributed by atoms with Crippen LogP contribution in [0, 0.1) is 5.92 Å². The predicted molar refractivity (Wildman–Crippen MR) is 75.2 cm³/mol. The highest BCUT2D eigenvalue weighted by molar-refractivity contribution is 7.80. The fourth-order valence-corrected chi connectivity index (χ4v) is 2.47. The first-order valence-electron chi connectivity index (χ1n) is 6.19. The van der Waals surface area contributed by atoms with Crippen LogP contribution in [0.15, 0.2) is 18.3 Å². The number of nitrogens with one attached hydrogen (secondary N) is 1. The molecule has 0 amide bonds. The van der Waals surface area contributed by atoms with E-state index in [4.69, 9.17) is 18.0 Å². The van der Waals surface area contributed by atoms with Crippen LogP contribution >= 0.6 is 12.2 Å². The maximum atomic E-state index is 5.54. The fraction of sp³-hybridized carbons (Fsp3) is 0.538. The smallest absolute Gasteiger partial charge is 0.126 e. The molecule has 3 nitrogen and oxygen atoms in total. The van der Waals surface area contributed by atoms with Gasteiger partial charge in [0.1, 0.15) is 10.8 Å². The Bertz CT molecular complexity index is 388. The third-order valence-electron chi connectivity index (χ3n) is 3.49. The summed E-state index contributed by atoms with van der Waals surface area (Å²) in [4.78, 5) is 4.75. The van der Waals surface area contributed by atoms with Crippen LogP contribution in [0.1, 0.15) is 38.2 Å². The summed E-state index contributed by atoms with van der Waals surface area (Å²) < 4.78 is 0. The average molecular weight is 249 g/mol. The predicted octanol–water partition coefficient (Wildman–Crippen LogP) is 2.71. The quantitative estimate of drug-likeness (QED) is 0.809. The lowest BCUT2D eigenvalue weighted by atomic mass is 9.86. The molecule has 1 aliphatic rings. The van der Waals surface area contributed by atoms with E-state index in [1.54, 1.807) is 6.20 Å². The van der Waals surface area contributed by atoms with Crippen molar-refractivity contribution in [2.45, 2.75) is 38.6 Å². The van der Waals surface area contributed by atoms with Gasteiger partial charge in [0, 0.05) is 17.8 Å². The zero-order valence-corrected chi connectivity index (χ0v) is 11.0. The minimum atomic E-state index is 0.398. The van der Waals surface area contributed by atoms with Crippen molar-refractivity contribution >= 4 is 23.0 Å². The van der Waals surface area contributed by atoms with Crippen LogP contribution in [-0.2, 0) is 0 Å². The van der Waals surface area contributed by atoms with E-state index in [1.807, 2.05) is 12.1 Å². The molecule has 2 unspecified atom stereocenters. The maximum absolute atomic E-state index is 5.54. The number of anilines is 1. The molecule has 1 fully saturated rings. The van der Waals surface area contributed by atoms with E-state index in [9.17, 15) is 0 Å². The third kappa shape index (κ3) is 3.16. The number of rotatable bonds is 3. The van der Waals surface area contributed by atoms with Crippen LogP contribution in [-0.4, -0.2) is 16.0 Å². The molecule has 1 aromatic heterocycles. The Kier molecular flexibility index (Phi) is 3.94. The summed E-state index contributed by atoms with van der Waals surface area (Å²) in [6.45, 7) is 2.31. The summed E-state index contributed by atoms with van der Waals surface area (Å²) >= 11 is 4.90. The number of hydrogen-bond acceptors (Lipinski definition) is 3. The molecule has 0 radical (unpaired) electrons. The number of nitrogens with two attached hydrogens (primary N) is 1. The molecule has 92 valence electrons. The van der Waals surface area contributed by atoms with Gasteiger partial charge in [-0.3, -0.25) is 0 Å². The van der Waals surface area contributed by atoms with Crippen molar-refractivity contribution < 1.29 is 0 Å².